The topological polar surface area (TPSA) is 86.7 Å². The Labute approximate surface area is 169 Å². The van der Waals surface area contributed by atoms with Crippen LogP contribution in [0.1, 0.15) is 91.9 Å². The van der Waals surface area contributed by atoms with Gasteiger partial charge in [-0.3, -0.25) is 19.2 Å². The molecule has 0 bridgehead atoms. The zero-order valence-corrected chi connectivity index (χ0v) is 18.5. The summed E-state index contributed by atoms with van der Waals surface area (Å²) in [5, 5.41) is 0. The van der Waals surface area contributed by atoms with Crippen LogP contribution in [0, 0.1) is 10.8 Å². The van der Waals surface area contributed by atoms with Gasteiger partial charge < -0.3 is 9.47 Å². The van der Waals surface area contributed by atoms with Crippen molar-refractivity contribution in [2.75, 3.05) is 14.2 Å². The van der Waals surface area contributed by atoms with Gasteiger partial charge in [0.15, 0.2) is 0 Å². The smallest absolute Gasteiger partial charge is 0.305 e. The lowest BCUT2D eigenvalue weighted by atomic mass is 9.81. The summed E-state index contributed by atoms with van der Waals surface area (Å²) in [5.41, 5.74) is -0.227. The second-order valence-electron chi connectivity index (χ2n) is 9.06. The Kier molecular flexibility index (Phi) is 11.9. The summed E-state index contributed by atoms with van der Waals surface area (Å²) in [6.07, 6.45) is 4.82. The normalized spacial score (nSPS) is 11.8. The average Bonchev–Trinajstić information content (AvgIpc) is 2.65. The van der Waals surface area contributed by atoms with E-state index in [-0.39, 0.29) is 47.2 Å². The number of ketones is 2. The molecule has 28 heavy (non-hydrogen) atoms. The molecule has 6 nitrogen and oxygen atoms in total. The molecule has 0 rings (SSSR count). The third kappa shape index (κ3) is 13.4. The predicted octanol–water partition coefficient (Wildman–Crippen LogP) is 4.42. The molecule has 6 heteroatoms. The van der Waals surface area contributed by atoms with Gasteiger partial charge in [0.2, 0.25) is 0 Å². The van der Waals surface area contributed by atoms with Crippen molar-refractivity contribution >= 4 is 23.5 Å². The Balaban J connectivity index is 4.09. The summed E-state index contributed by atoms with van der Waals surface area (Å²) in [6.45, 7) is 8.13. The summed E-state index contributed by atoms with van der Waals surface area (Å²) in [6, 6.07) is 0. The fraction of sp³-hybridized carbons (Fsp3) is 0.818. The Morgan fingerprint density at radius 2 is 0.821 bits per heavy atom. The van der Waals surface area contributed by atoms with Gasteiger partial charge in [0.25, 0.3) is 0 Å². The number of hydrogen-bond donors (Lipinski definition) is 0. The van der Waals surface area contributed by atoms with Crippen LogP contribution in [0.4, 0.5) is 0 Å². The molecule has 0 amide bonds. The Morgan fingerprint density at radius 3 is 1.11 bits per heavy atom. The second-order valence-corrected chi connectivity index (χ2v) is 9.06. The van der Waals surface area contributed by atoms with Gasteiger partial charge >= 0.3 is 11.9 Å². The zero-order valence-electron chi connectivity index (χ0n) is 18.5. The summed E-state index contributed by atoms with van der Waals surface area (Å²) < 4.78 is 9.30. The minimum atomic E-state index is -0.237. The Morgan fingerprint density at radius 1 is 0.536 bits per heavy atom. The molecule has 0 aliphatic carbocycles. The number of carbonyl (C=O) groups is 4. The first-order valence-electron chi connectivity index (χ1n) is 10.1. The molecule has 0 atom stereocenters. The third-order valence-electron chi connectivity index (χ3n) is 5.31. The van der Waals surface area contributed by atoms with Gasteiger partial charge in [-0.15, -0.1) is 0 Å². The van der Waals surface area contributed by atoms with Crippen molar-refractivity contribution in [1.82, 2.24) is 0 Å². The van der Waals surface area contributed by atoms with E-state index in [9.17, 15) is 19.2 Å². The molecule has 0 radical (unpaired) electrons. The lowest BCUT2D eigenvalue weighted by Gasteiger charge is -2.24. The van der Waals surface area contributed by atoms with Crippen LogP contribution in [0.25, 0.3) is 0 Å². The maximum absolute atomic E-state index is 12.1. The van der Waals surface area contributed by atoms with Crippen molar-refractivity contribution < 1.29 is 28.7 Å². The van der Waals surface area contributed by atoms with E-state index in [1.165, 1.54) is 14.2 Å². The number of esters is 2. The quantitative estimate of drug-likeness (QED) is 0.379. The molecule has 0 N–H and O–H groups in total. The van der Waals surface area contributed by atoms with E-state index in [0.29, 0.717) is 51.4 Å². The van der Waals surface area contributed by atoms with Gasteiger partial charge in [-0.2, -0.15) is 0 Å². The molecule has 0 aromatic carbocycles. The molecule has 0 heterocycles. The minimum absolute atomic E-state index is 0.0874. The maximum atomic E-state index is 12.1. The van der Waals surface area contributed by atoms with Crippen LogP contribution >= 0.6 is 0 Å². The van der Waals surface area contributed by atoms with E-state index in [1.807, 2.05) is 27.7 Å². The zero-order chi connectivity index (χ0) is 21.8. The van der Waals surface area contributed by atoms with Crippen LogP contribution in [-0.2, 0) is 28.7 Å². The van der Waals surface area contributed by atoms with Gasteiger partial charge in [-0.1, -0.05) is 27.7 Å². The van der Waals surface area contributed by atoms with E-state index in [2.05, 4.69) is 9.47 Å². The molecular weight excluding hydrogens is 360 g/mol. The van der Waals surface area contributed by atoms with Gasteiger partial charge in [-0.25, -0.2) is 0 Å². The lowest BCUT2D eigenvalue weighted by Crippen LogP contribution is -2.17. The summed E-state index contributed by atoms with van der Waals surface area (Å²) >= 11 is 0. The van der Waals surface area contributed by atoms with Crippen molar-refractivity contribution in [3.05, 3.63) is 0 Å². The molecule has 0 spiro atoms. The van der Waals surface area contributed by atoms with Crippen LogP contribution < -0.4 is 0 Å². The molecule has 0 aromatic rings. The van der Waals surface area contributed by atoms with Gasteiger partial charge in [0.1, 0.15) is 11.6 Å². The highest BCUT2D eigenvalue weighted by atomic mass is 16.5. The highest BCUT2D eigenvalue weighted by molar-refractivity contribution is 5.86. The maximum Gasteiger partial charge on any atom is 0.305 e. The highest BCUT2D eigenvalue weighted by Crippen LogP contribution is 2.30. The van der Waals surface area contributed by atoms with E-state index in [0.717, 1.165) is 0 Å². The molecule has 162 valence electrons. The number of rotatable bonds is 15. The van der Waals surface area contributed by atoms with E-state index < -0.39 is 0 Å². The van der Waals surface area contributed by atoms with Crippen molar-refractivity contribution in [3.63, 3.8) is 0 Å². The van der Waals surface area contributed by atoms with Crippen LogP contribution in [-0.4, -0.2) is 37.7 Å². The number of methoxy groups -OCH3 is 2. The Hall–Kier alpha value is -1.72. The second kappa shape index (κ2) is 12.7. The standard InChI is InChI=1S/C22H38O6/c1-21(2,15-11-19(25)27-5)13-9-17(23)7-8-18(24)10-14-22(3,4)16-12-20(26)28-6/h7-16H2,1-6H3. The number of ether oxygens (including phenoxy) is 2. The highest BCUT2D eigenvalue weighted by Gasteiger charge is 2.22. The van der Waals surface area contributed by atoms with Crippen molar-refractivity contribution in [1.29, 1.82) is 0 Å². The number of carbonyl (C=O) groups excluding carboxylic acids is 4. The third-order valence-corrected chi connectivity index (χ3v) is 5.31. The molecule has 0 saturated heterocycles. The van der Waals surface area contributed by atoms with Crippen molar-refractivity contribution in [2.24, 2.45) is 10.8 Å². The first-order valence-corrected chi connectivity index (χ1v) is 10.1. The first-order chi connectivity index (χ1) is 12.9. The van der Waals surface area contributed by atoms with Crippen molar-refractivity contribution in [3.8, 4) is 0 Å². The molecule has 0 fully saturated rings. The molecule has 0 aromatic heterocycles. The fourth-order valence-electron chi connectivity index (χ4n) is 2.82. The molecule has 0 aliphatic rings. The van der Waals surface area contributed by atoms with Gasteiger partial charge in [0.05, 0.1) is 14.2 Å². The van der Waals surface area contributed by atoms with Crippen LogP contribution in [0.3, 0.4) is 0 Å². The van der Waals surface area contributed by atoms with E-state index >= 15 is 0 Å². The summed E-state index contributed by atoms with van der Waals surface area (Å²) in [4.78, 5) is 46.7. The monoisotopic (exact) mass is 398 g/mol. The minimum Gasteiger partial charge on any atom is -0.469 e. The van der Waals surface area contributed by atoms with Crippen LogP contribution in [0.15, 0.2) is 0 Å². The first kappa shape index (κ1) is 26.3. The fourth-order valence-corrected chi connectivity index (χ4v) is 2.82. The van der Waals surface area contributed by atoms with Gasteiger partial charge in [-0.05, 0) is 36.5 Å². The number of Topliss-reactive ketones (excluding diaryl/α,β-unsaturated/α-hetero) is 2. The van der Waals surface area contributed by atoms with Crippen molar-refractivity contribution in [2.45, 2.75) is 91.9 Å². The summed E-state index contributed by atoms with van der Waals surface area (Å²) in [7, 11) is 2.74. The van der Waals surface area contributed by atoms with Crippen LogP contribution in [0.2, 0.25) is 0 Å². The van der Waals surface area contributed by atoms with Crippen LogP contribution in [0.5, 0.6) is 0 Å². The molecular formula is C22H38O6. The Bertz CT molecular complexity index is 485. The molecule has 0 saturated carbocycles. The molecule has 0 aliphatic heterocycles. The summed E-state index contributed by atoms with van der Waals surface area (Å²) in [5.74, 6) is -0.298. The largest absolute Gasteiger partial charge is 0.469 e. The SMILES string of the molecule is COC(=O)CCC(C)(C)CCC(=O)CCC(=O)CCC(C)(C)CCC(=O)OC. The average molecular weight is 399 g/mol. The van der Waals surface area contributed by atoms with Gasteiger partial charge in [0, 0.05) is 38.5 Å². The van der Waals surface area contributed by atoms with E-state index in [1.54, 1.807) is 0 Å². The van der Waals surface area contributed by atoms with E-state index in [4.69, 9.17) is 0 Å². The molecule has 0 unspecified atom stereocenters. The predicted molar refractivity (Wildman–Crippen MR) is 108 cm³/mol. The lowest BCUT2D eigenvalue weighted by molar-refractivity contribution is -0.142. The number of hydrogen-bond acceptors (Lipinski definition) is 6.